The van der Waals surface area contributed by atoms with Crippen LogP contribution in [0.2, 0.25) is 0 Å². The topological polar surface area (TPSA) is 46.6 Å². The first kappa shape index (κ1) is 19.5. The zero-order chi connectivity index (χ0) is 20.4. The number of carbonyl (C=O) groups is 2. The molecule has 28 heavy (non-hydrogen) atoms. The van der Waals surface area contributed by atoms with Crippen molar-refractivity contribution < 1.29 is 36.3 Å². The van der Waals surface area contributed by atoms with Gasteiger partial charge in [-0.1, -0.05) is 30.3 Å². The van der Waals surface area contributed by atoms with Gasteiger partial charge in [0.05, 0.1) is 11.6 Å². The van der Waals surface area contributed by atoms with Gasteiger partial charge >= 0.3 is 6.09 Å². The van der Waals surface area contributed by atoms with Crippen LogP contribution in [-0.2, 0) is 16.0 Å². The lowest BCUT2D eigenvalue weighted by Crippen LogP contribution is -2.39. The van der Waals surface area contributed by atoms with Crippen LogP contribution in [-0.4, -0.2) is 29.5 Å². The molecule has 1 saturated heterocycles. The Hall–Kier alpha value is -3.23. The number of cyclic esters (lactones) is 1. The summed E-state index contributed by atoms with van der Waals surface area (Å²) in [6.07, 6.45) is 0.300. The summed E-state index contributed by atoms with van der Waals surface area (Å²) in [6.45, 7) is -0.0875. The van der Waals surface area contributed by atoms with Crippen molar-refractivity contribution in [3.05, 3.63) is 76.6 Å². The summed E-state index contributed by atoms with van der Waals surface area (Å²) in [6, 6.07) is 8.19. The summed E-state index contributed by atoms with van der Waals surface area (Å²) in [7, 11) is 0. The summed E-state index contributed by atoms with van der Waals surface area (Å²) in [5.41, 5.74) is -0.468. The van der Waals surface area contributed by atoms with Crippen molar-refractivity contribution in [1.29, 1.82) is 0 Å². The SMILES string of the molecule is O=C(/C=C/c1c(F)c(F)c(F)c(F)c1F)N1C(=O)OC[C@@H]1Cc1ccccc1. The normalized spacial score (nSPS) is 16.7. The molecule has 1 atom stereocenters. The Morgan fingerprint density at radius 3 is 2.18 bits per heavy atom. The smallest absolute Gasteiger partial charge is 0.417 e. The minimum absolute atomic E-state index is 0.0875. The number of hydrogen-bond donors (Lipinski definition) is 0. The molecule has 1 aliphatic heterocycles. The first-order valence-corrected chi connectivity index (χ1v) is 8.04. The number of benzene rings is 2. The fraction of sp³-hybridized carbons (Fsp3) is 0.158. The van der Waals surface area contributed by atoms with Crippen molar-refractivity contribution in [3.63, 3.8) is 0 Å². The van der Waals surface area contributed by atoms with Gasteiger partial charge in [-0.05, 0) is 18.1 Å². The number of halogens is 5. The molecular formula is C19H12F5NO3. The van der Waals surface area contributed by atoms with Gasteiger partial charge in [-0.3, -0.25) is 4.79 Å². The number of imide groups is 1. The number of carbonyl (C=O) groups excluding carboxylic acids is 2. The number of nitrogens with zero attached hydrogens (tertiary/aromatic N) is 1. The highest BCUT2D eigenvalue weighted by atomic mass is 19.2. The van der Waals surface area contributed by atoms with Crippen molar-refractivity contribution in [2.45, 2.75) is 12.5 Å². The third kappa shape index (κ3) is 3.60. The van der Waals surface area contributed by atoms with Gasteiger partial charge < -0.3 is 4.74 Å². The second kappa shape index (κ2) is 7.79. The Morgan fingerprint density at radius 1 is 1.00 bits per heavy atom. The Labute approximate surface area is 155 Å². The molecule has 0 radical (unpaired) electrons. The summed E-state index contributed by atoms with van der Waals surface area (Å²) in [5.74, 6) is -11.7. The van der Waals surface area contributed by atoms with E-state index in [1.807, 2.05) is 0 Å². The van der Waals surface area contributed by atoms with E-state index in [0.29, 0.717) is 12.2 Å². The summed E-state index contributed by atoms with van der Waals surface area (Å²) in [5, 5.41) is 0. The fourth-order valence-corrected chi connectivity index (χ4v) is 2.77. The van der Waals surface area contributed by atoms with Crippen molar-refractivity contribution in [2.75, 3.05) is 6.61 Å². The van der Waals surface area contributed by atoms with E-state index in [-0.39, 0.29) is 13.0 Å². The van der Waals surface area contributed by atoms with Crippen molar-refractivity contribution in [1.82, 2.24) is 4.90 Å². The molecular weight excluding hydrogens is 385 g/mol. The molecule has 0 bridgehead atoms. The van der Waals surface area contributed by atoms with Crippen LogP contribution in [0.1, 0.15) is 11.1 Å². The fourth-order valence-electron chi connectivity index (χ4n) is 2.77. The van der Waals surface area contributed by atoms with E-state index in [0.717, 1.165) is 10.5 Å². The predicted octanol–water partition coefficient (Wildman–Crippen LogP) is 3.99. The summed E-state index contributed by atoms with van der Waals surface area (Å²) in [4.78, 5) is 24.9. The highest BCUT2D eigenvalue weighted by Crippen LogP contribution is 2.24. The van der Waals surface area contributed by atoms with E-state index in [1.165, 1.54) is 0 Å². The number of rotatable bonds is 4. The van der Waals surface area contributed by atoms with Gasteiger partial charge in [-0.15, -0.1) is 0 Å². The van der Waals surface area contributed by atoms with E-state index < -0.39 is 52.7 Å². The van der Waals surface area contributed by atoms with E-state index in [2.05, 4.69) is 0 Å². The van der Waals surface area contributed by atoms with Crippen LogP contribution in [0.25, 0.3) is 6.08 Å². The first-order valence-electron chi connectivity index (χ1n) is 8.04. The maximum atomic E-state index is 13.7. The molecule has 4 nitrogen and oxygen atoms in total. The van der Waals surface area contributed by atoms with E-state index in [1.54, 1.807) is 30.3 Å². The maximum Gasteiger partial charge on any atom is 0.417 e. The Morgan fingerprint density at radius 2 is 1.57 bits per heavy atom. The van der Waals surface area contributed by atoms with Gasteiger partial charge in [-0.2, -0.15) is 0 Å². The van der Waals surface area contributed by atoms with E-state index in [9.17, 15) is 31.5 Å². The van der Waals surface area contributed by atoms with Crippen molar-refractivity contribution >= 4 is 18.1 Å². The number of hydrogen-bond acceptors (Lipinski definition) is 3. The minimum atomic E-state index is -2.30. The molecule has 1 heterocycles. The largest absolute Gasteiger partial charge is 0.447 e. The second-order valence-corrected chi connectivity index (χ2v) is 5.95. The van der Waals surface area contributed by atoms with Gasteiger partial charge in [0.2, 0.25) is 5.82 Å². The Balaban J connectivity index is 1.84. The number of amides is 2. The van der Waals surface area contributed by atoms with Gasteiger partial charge in [0.15, 0.2) is 23.3 Å². The summed E-state index contributed by atoms with van der Waals surface area (Å²) < 4.78 is 71.7. The molecule has 9 heteroatoms. The zero-order valence-electron chi connectivity index (χ0n) is 14.1. The summed E-state index contributed by atoms with van der Waals surface area (Å²) >= 11 is 0. The first-order chi connectivity index (χ1) is 13.3. The lowest BCUT2D eigenvalue weighted by atomic mass is 10.1. The molecule has 2 aromatic rings. The third-order valence-electron chi connectivity index (χ3n) is 4.15. The molecule has 1 aliphatic rings. The number of ether oxygens (including phenoxy) is 1. The van der Waals surface area contributed by atoms with Crippen LogP contribution in [0.3, 0.4) is 0 Å². The molecule has 2 amide bonds. The average Bonchev–Trinajstić information content (AvgIpc) is 3.05. The zero-order valence-corrected chi connectivity index (χ0v) is 14.1. The van der Waals surface area contributed by atoms with Gasteiger partial charge in [0, 0.05) is 6.08 Å². The Kier molecular flexibility index (Phi) is 5.43. The van der Waals surface area contributed by atoms with Crippen LogP contribution in [0.5, 0.6) is 0 Å². The van der Waals surface area contributed by atoms with Crippen LogP contribution >= 0.6 is 0 Å². The van der Waals surface area contributed by atoms with Gasteiger partial charge in [-0.25, -0.2) is 31.6 Å². The predicted molar refractivity (Wildman–Crippen MR) is 87.4 cm³/mol. The minimum Gasteiger partial charge on any atom is -0.447 e. The third-order valence-corrected chi connectivity index (χ3v) is 4.15. The quantitative estimate of drug-likeness (QED) is 0.339. The molecule has 0 saturated carbocycles. The van der Waals surface area contributed by atoms with Gasteiger partial charge in [0.1, 0.15) is 6.61 Å². The molecule has 0 N–H and O–H groups in total. The molecule has 0 aromatic heterocycles. The highest BCUT2D eigenvalue weighted by molar-refractivity contribution is 6.02. The lowest BCUT2D eigenvalue weighted by molar-refractivity contribution is -0.124. The van der Waals surface area contributed by atoms with Crippen LogP contribution in [0.4, 0.5) is 26.7 Å². The second-order valence-electron chi connectivity index (χ2n) is 5.95. The Bertz CT molecular complexity index is 933. The van der Waals surface area contributed by atoms with E-state index >= 15 is 0 Å². The molecule has 146 valence electrons. The molecule has 2 aromatic carbocycles. The van der Waals surface area contributed by atoms with Crippen LogP contribution in [0, 0.1) is 29.1 Å². The standard InChI is InChI=1S/C19H12F5NO3/c20-14-12(15(21)17(23)18(24)16(14)22)6-7-13(26)25-11(9-28-19(25)27)8-10-4-2-1-3-5-10/h1-7,11H,8-9H2/b7-6+/t11-/m0/s1. The lowest BCUT2D eigenvalue weighted by Gasteiger charge is -2.18. The molecule has 0 aliphatic carbocycles. The maximum absolute atomic E-state index is 13.7. The van der Waals surface area contributed by atoms with E-state index in [4.69, 9.17) is 4.74 Å². The monoisotopic (exact) mass is 397 g/mol. The molecule has 0 spiro atoms. The molecule has 0 unspecified atom stereocenters. The molecule has 3 rings (SSSR count). The average molecular weight is 397 g/mol. The van der Waals surface area contributed by atoms with Crippen molar-refractivity contribution in [3.8, 4) is 0 Å². The van der Waals surface area contributed by atoms with Crippen molar-refractivity contribution in [2.24, 2.45) is 0 Å². The molecule has 1 fully saturated rings. The van der Waals surface area contributed by atoms with Crippen LogP contribution < -0.4 is 0 Å². The highest BCUT2D eigenvalue weighted by Gasteiger charge is 2.37. The van der Waals surface area contributed by atoms with Gasteiger partial charge in [0.25, 0.3) is 5.91 Å². The van der Waals surface area contributed by atoms with Crippen LogP contribution in [0.15, 0.2) is 36.4 Å².